The van der Waals surface area contributed by atoms with Crippen LogP contribution >= 0.6 is 0 Å². The lowest BCUT2D eigenvalue weighted by Gasteiger charge is -2.30. The van der Waals surface area contributed by atoms with Crippen molar-refractivity contribution >= 4 is 17.5 Å². The number of aliphatic hydroxyl groups excluding tert-OH is 1. The quantitative estimate of drug-likeness (QED) is 0.805. The summed E-state index contributed by atoms with van der Waals surface area (Å²) in [7, 11) is 0. The molecule has 0 aromatic heterocycles. The highest BCUT2D eigenvalue weighted by atomic mass is 16.3. The van der Waals surface area contributed by atoms with E-state index in [0.717, 1.165) is 24.1 Å². The van der Waals surface area contributed by atoms with Gasteiger partial charge in [0.2, 0.25) is 11.8 Å². The van der Waals surface area contributed by atoms with Gasteiger partial charge in [0, 0.05) is 30.8 Å². The maximum absolute atomic E-state index is 12.6. The van der Waals surface area contributed by atoms with Gasteiger partial charge in [0.05, 0.1) is 5.92 Å². The lowest BCUT2D eigenvalue weighted by molar-refractivity contribution is -0.128. The van der Waals surface area contributed by atoms with Crippen LogP contribution in [-0.2, 0) is 16.0 Å². The van der Waals surface area contributed by atoms with Crippen molar-refractivity contribution in [1.29, 1.82) is 0 Å². The molecular formula is C19H28N2O3. The second kappa shape index (κ2) is 7.79. The molecule has 1 fully saturated rings. The number of rotatable bonds is 7. The van der Waals surface area contributed by atoms with E-state index < -0.39 is 5.54 Å². The van der Waals surface area contributed by atoms with E-state index in [1.54, 1.807) is 4.90 Å². The highest BCUT2D eigenvalue weighted by molar-refractivity contribution is 6.00. The second-order valence-corrected chi connectivity index (χ2v) is 6.76. The lowest BCUT2D eigenvalue weighted by Crippen LogP contribution is -2.48. The Morgan fingerprint density at radius 2 is 2.08 bits per heavy atom. The first-order valence-corrected chi connectivity index (χ1v) is 8.75. The third-order valence-electron chi connectivity index (χ3n) is 5.03. The smallest absolute Gasteiger partial charge is 0.227 e. The molecule has 132 valence electrons. The van der Waals surface area contributed by atoms with Crippen molar-refractivity contribution in [3.8, 4) is 0 Å². The molecule has 0 bridgehead atoms. The third-order valence-corrected chi connectivity index (χ3v) is 5.03. The SMILES string of the molecule is CCc1ccccc1N1CC(C(=O)NC(C)(CC)CCO)CC1=O. The Kier molecular flexibility index (Phi) is 5.99. The van der Waals surface area contributed by atoms with Crippen LogP contribution in [0.2, 0.25) is 0 Å². The molecule has 5 nitrogen and oxygen atoms in total. The number of carbonyl (C=O) groups excluding carboxylic acids is 2. The van der Waals surface area contributed by atoms with Gasteiger partial charge in [0.15, 0.2) is 0 Å². The third kappa shape index (κ3) is 3.96. The molecule has 5 heteroatoms. The summed E-state index contributed by atoms with van der Waals surface area (Å²) in [5.41, 5.74) is 1.60. The Bertz CT molecular complexity index is 602. The van der Waals surface area contributed by atoms with Crippen LogP contribution in [0.3, 0.4) is 0 Å². The molecule has 2 N–H and O–H groups in total. The van der Waals surface area contributed by atoms with Gasteiger partial charge in [-0.1, -0.05) is 32.0 Å². The van der Waals surface area contributed by atoms with Crippen LogP contribution in [0.1, 0.15) is 45.6 Å². The normalized spacial score (nSPS) is 20.1. The zero-order valence-electron chi connectivity index (χ0n) is 14.8. The minimum absolute atomic E-state index is 0.00332. The van der Waals surface area contributed by atoms with Crippen LogP contribution in [0.4, 0.5) is 5.69 Å². The molecule has 1 saturated heterocycles. The largest absolute Gasteiger partial charge is 0.396 e. The highest BCUT2D eigenvalue weighted by Gasteiger charge is 2.37. The lowest BCUT2D eigenvalue weighted by atomic mass is 9.93. The van der Waals surface area contributed by atoms with Gasteiger partial charge < -0.3 is 15.3 Å². The predicted molar refractivity (Wildman–Crippen MR) is 94.8 cm³/mol. The summed E-state index contributed by atoms with van der Waals surface area (Å²) in [4.78, 5) is 26.8. The Hall–Kier alpha value is -1.88. The van der Waals surface area contributed by atoms with E-state index in [4.69, 9.17) is 0 Å². The number of nitrogens with zero attached hydrogens (tertiary/aromatic N) is 1. The second-order valence-electron chi connectivity index (χ2n) is 6.76. The number of carbonyl (C=O) groups is 2. The monoisotopic (exact) mass is 332 g/mol. The minimum Gasteiger partial charge on any atom is -0.396 e. The van der Waals surface area contributed by atoms with Crippen molar-refractivity contribution in [2.75, 3.05) is 18.1 Å². The number of hydrogen-bond donors (Lipinski definition) is 2. The fraction of sp³-hybridized carbons (Fsp3) is 0.579. The van der Waals surface area contributed by atoms with Gasteiger partial charge in [-0.25, -0.2) is 0 Å². The molecule has 2 amide bonds. The number of para-hydroxylation sites is 1. The molecule has 1 aliphatic heterocycles. The van der Waals surface area contributed by atoms with Gasteiger partial charge in [-0.15, -0.1) is 0 Å². The van der Waals surface area contributed by atoms with Gasteiger partial charge in [-0.05, 0) is 37.8 Å². The van der Waals surface area contributed by atoms with E-state index in [0.29, 0.717) is 13.0 Å². The maximum Gasteiger partial charge on any atom is 0.227 e. The van der Waals surface area contributed by atoms with Gasteiger partial charge in [-0.2, -0.15) is 0 Å². The number of benzene rings is 1. The molecule has 0 aliphatic carbocycles. The van der Waals surface area contributed by atoms with Crippen LogP contribution < -0.4 is 10.2 Å². The van der Waals surface area contributed by atoms with Gasteiger partial charge in [-0.3, -0.25) is 9.59 Å². The summed E-state index contributed by atoms with van der Waals surface area (Å²) in [6, 6.07) is 7.85. The summed E-state index contributed by atoms with van der Waals surface area (Å²) < 4.78 is 0. The van der Waals surface area contributed by atoms with Crippen molar-refractivity contribution in [3.63, 3.8) is 0 Å². The van der Waals surface area contributed by atoms with Crippen molar-refractivity contribution in [2.24, 2.45) is 5.92 Å². The average Bonchev–Trinajstić information content (AvgIpc) is 2.97. The topological polar surface area (TPSA) is 69.6 Å². The van der Waals surface area contributed by atoms with Gasteiger partial charge >= 0.3 is 0 Å². The van der Waals surface area contributed by atoms with E-state index >= 15 is 0 Å². The fourth-order valence-electron chi connectivity index (χ4n) is 3.16. The molecule has 0 spiro atoms. The molecule has 2 rings (SSSR count). The average molecular weight is 332 g/mol. The van der Waals surface area contributed by atoms with Crippen molar-refractivity contribution in [2.45, 2.75) is 52.0 Å². The molecule has 1 heterocycles. The molecule has 0 radical (unpaired) electrons. The molecule has 1 aromatic rings. The summed E-state index contributed by atoms with van der Waals surface area (Å²) in [6.07, 6.45) is 2.34. The highest BCUT2D eigenvalue weighted by Crippen LogP contribution is 2.29. The van der Waals surface area contributed by atoms with Crippen molar-refractivity contribution in [1.82, 2.24) is 5.32 Å². The molecular weight excluding hydrogens is 304 g/mol. The summed E-state index contributed by atoms with van der Waals surface area (Å²) in [5, 5.41) is 12.2. The zero-order valence-corrected chi connectivity index (χ0v) is 14.8. The minimum atomic E-state index is -0.427. The predicted octanol–water partition coefficient (Wildman–Crippen LogP) is 2.27. The van der Waals surface area contributed by atoms with E-state index in [2.05, 4.69) is 12.2 Å². The van der Waals surface area contributed by atoms with Crippen LogP contribution in [-0.4, -0.2) is 35.6 Å². The van der Waals surface area contributed by atoms with E-state index in [-0.39, 0.29) is 30.8 Å². The van der Waals surface area contributed by atoms with Crippen molar-refractivity contribution in [3.05, 3.63) is 29.8 Å². The van der Waals surface area contributed by atoms with Gasteiger partial charge in [0.1, 0.15) is 0 Å². The first kappa shape index (κ1) is 18.5. The molecule has 1 aliphatic rings. The van der Waals surface area contributed by atoms with Gasteiger partial charge in [0.25, 0.3) is 0 Å². The van der Waals surface area contributed by atoms with E-state index in [9.17, 15) is 14.7 Å². The van der Waals surface area contributed by atoms with Crippen LogP contribution in [0, 0.1) is 5.92 Å². The standard InChI is InChI=1S/C19H28N2O3/c1-4-14-8-6-7-9-16(14)21-13-15(12-17(21)23)18(24)20-19(3,5-2)10-11-22/h6-9,15,22H,4-5,10-13H2,1-3H3,(H,20,24). The molecule has 0 saturated carbocycles. The van der Waals surface area contributed by atoms with Crippen molar-refractivity contribution < 1.29 is 14.7 Å². The fourth-order valence-corrected chi connectivity index (χ4v) is 3.16. The number of amides is 2. The first-order chi connectivity index (χ1) is 11.4. The number of hydrogen-bond acceptors (Lipinski definition) is 3. The van der Waals surface area contributed by atoms with Crippen LogP contribution in [0.15, 0.2) is 24.3 Å². The Morgan fingerprint density at radius 1 is 1.38 bits per heavy atom. The van der Waals surface area contributed by atoms with Crippen LogP contribution in [0.5, 0.6) is 0 Å². The summed E-state index contributed by atoms with van der Waals surface area (Å²) >= 11 is 0. The number of aryl methyl sites for hydroxylation is 1. The molecule has 2 unspecified atom stereocenters. The number of nitrogens with one attached hydrogen (secondary N) is 1. The Morgan fingerprint density at radius 3 is 2.71 bits per heavy atom. The summed E-state index contributed by atoms with van der Waals surface area (Å²) in [5.74, 6) is -0.444. The number of aliphatic hydroxyl groups is 1. The van der Waals surface area contributed by atoms with E-state index in [1.165, 1.54) is 0 Å². The Balaban J connectivity index is 2.10. The van der Waals surface area contributed by atoms with E-state index in [1.807, 2.05) is 38.1 Å². The van der Waals surface area contributed by atoms with Crippen LogP contribution in [0.25, 0.3) is 0 Å². The zero-order chi connectivity index (χ0) is 17.7. The molecule has 2 atom stereocenters. The number of anilines is 1. The molecule has 24 heavy (non-hydrogen) atoms. The first-order valence-electron chi connectivity index (χ1n) is 8.75. The molecule has 1 aromatic carbocycles. The maximum atomic E-state index is 12.6. The summed E-state index contributed by atoms with van der Waals surface area (Å²) in [6.45, 7) is 6.43. The Labute approximate surface area is 144 Å².